The lowest BCUT2D eigenvalue weighted by Crippen LogP contribution is -2.29. The van der Waals surface area contributed by atoms with Crippen molar-refractivity contribution in [1.82, 2.24) is 4.57 Å². The summed E-state index contributed by atoms with van der Waals surface area (Å²) in [7, 11) is -1.31. The lowest BCUT2D eigenvalue weighted by Gasteiger charge is -2.16. The minimum absolute atomic E-state index is 0.0421. The van der Waals surface area contributed by atoms with Crippen LogP contribution < -0.4 is 15.0 Å². The Morgan fingerprint density at radius 2 is 1.48 bits per heavy atom. The molecule has 0 N–H and O–H groups in total. The number of benzene rings is 3. The first-order chi connectivity index (χ1) is 16.1. The molecule has 0 bridgehead atoms. The normalized spacial score (nSPS) is 10.5. The molecule has 0 fully saturated rings. The molecule has 0 unspecified atom stereocenters. The molecule has 0 spiro atoms. The van der Waals surface area contributed by atoms with Crippen LogP contribution in [-0.4, -0.2) is 25.1 Å². The number of nitrogens with zero attached hydrogens (tertiary/aromatic N) is 1. The summed E-state index contributed by atoms with van der Waals surface area (Å²) >= 11 is 0. The first kappa shape index (κ1) is 22.1. The van der Waals surface area contributed by atoms with Crippen LogP contribution in [0.25, 0.3) is 11.1 Å². The van der Waals surface area contributed by atoms with E-state index in [1.807, 2.05) is 60.7 Å². The molecule has 7 heteroatoms. The van der Waals surface area contributed by atoms with Gasteiger partial charge in [-0.2, -0.15) is 8.42 Å². The Kier molecular flexibility index (Phi) is 6.71. The summed E-state index contributed by atoms with van der Waals surface area (Å²) in [6, 6.07) is 27.1. The van der Waals surface area contributed by atoms with E-state index in [4.69, 9.17) is 9.47 Å². The van der Waals surface area contributed by atoms with Crippen LogP contribution in [0, 0.1) is 0 Å². The molecule has 1 heterocycles. The highest BCUT2D eigenvalue weighted by Gasteiger charge is 2.22. The van der Waals surface area contributed by atoms with Gasteiger partial charge in [-0.05, 0) is 34.9 Å². The van der Waals surface area contributed by atoms with E-state index < -0.39 is 15.9 Å². The van der Waals surface area contributed by atoms with Crippen molar-refractivity contribution in [1.29, 1.82) is 0 Å². The van der Waals surface area contributed by atoms with Gasteiger partial charge in [0.2, 0.25) is 10.3 Å². The van der Waals surface area contributed by atoms with Gasteiger partial charge in [0, 0.05) is 6.20 Å². The van der Waals surface area contributed by atoms with E-state index in [1.54, 1.807) is 24.3 Å². The predicted molar refractivity (Wildman–Crippen MR) is 128 cm³/mol. The van der Waals surface area contributed by atoms with E-state index in [-0.39, 0.29) is 17.3 Å². The maximum Gasteiger partial charge on any atom is 0.298 e. The summed E-state index contributed by atoms with van der Waals surface area (Å²) in [5.41, 5.74) is 2.01. The Morgan fingerprint density at radius 1 is 0.818 bits per heavy atom. The highest BCUT2D eigenvalue weighted by Crippen LogP contribution is 2.31. The zero-order valence-electron chi connectivity index (χ0n) is 17.8. The van der Waals surface area contributed by atoms with E-state index in [9.17, 15) is 13.2 Å². The fraction of sp³-hybridized carbons (Fsp3) is 0.0769. The minimum Gasteiger partial charge on any atom is -0.496 e. The van der Waals surface area contributed by atoms with E-state index in [0.29, 0.717) is 16.9 Å². The van der Waals surface area contributed by atoms with E-state index in [1.165, 1.54) is 19.4 Å². The van der Waals surface area contributed by atoms with Crippen LogP contribution in [-0.2, 0) is 16.9 Å². The van der Waals surface area contributed by atoms with Gasteiger partial charge in [-0.15, -0.1) is 0 Å². The Morgan fingerprint density at radius 3 is 2.15 bits per heavy atom. The van der Waals surface area contributed by atoms with Gasteiger partial charge in [-0.1, -0.05) is 72.8 Å². The van der Waals surface area contributed by atoms with Gasteiger partial charge in [-0.25, -0.2) is 0 Å². The molecule has 33 heavy (non-hydrogen) atoms. The van der Waals surface area contributed by atoms with E-state index in [0.717, 1.165) is 15.7 Å². The van der Waals surface area contributed by atoms with Crippen LogP contribution in [0.3, 0.4) is 0 Å². The van der Waals surface area contributed by atoms with Gasteiger partial charge in [0.15, 0.2) is 10.7 Å². The standard InChI is InChI=1S/C26H21NO5S/c1-31-22-15-8-14-21(20-12-6-3-7-13-20)24(22)26(33(29)30)27-17-9-16-23(25(27)28)32-18-19-10-4-2-5-11-19/h2-17H,18H2,1H3. The molecule has 0 saturated carbocycles. The summed E-state index contributed by atoms with van der Waals surface area (Å²) < 4.78 is 37.3. The first-order valence-electron chi connectivity index (χ1n) is 10.2. The fourth-order valence-corrected chi connectivity index (χ4v) is 4.23. The molecule has 0 aliphatic heterocycles. The topological polar surface area (TPSA) is 74.6 Å². The lowest BCUT2D eigenvalue weighted by molar-refractivity contribution is 0.301. The number of pyridine rings is 1. The highest BCUT2D eigenvalue weighted by molar-refractivity contribution is 7.73. The third-order valence-electron chi connectivity index (χ3n) is 5.07. The predicted octanol–water partition coefficient (Wildman–Crippen LogP) is 4.01. The third-order valence-corrected chi connectivity index (χ3v) is 5.79. The Balaban J connectivity index is 1.86. The average molecular weight is 460 g/mol. The van der Waals surface area contributed by atoms with Crippen molar-refractivity contribution in [3.63, 3.8) is 0 Å². The summed E-state index contributed by atoms with van der Waals surface area (Å²) in [6.45, 7) is 0.180. The summed E-state index contributed by atoms with van der Waals surface area (Å²) in [5.74, 6) is 0.374. The van der Waals surface area contributed by atoms with Gasteiger partial charge < -0.3 is 9.47 Å². The molecule has 1 aromatic heterocycles. The summed E-state index contributed by atoms with van der Waals surface area (Å²) in [5, 5.41) is 0. The molecular weight excluding hydrogens is 438 g/mol. The van der Waals surface area contributed by atoms with Crippen LogP contribution in [0.1, 0.15) is 11.1 Å². The van der Waals surface area contributed by atoms with Crippen LogP contribution >= 0.6 is 0 Å². The molecule has 0 amide bonds. The molecule has 0 radical (unpaired) electrons. The molecule has 166 valence electrons. The van der Waals surface area contributed by atoms with Crippen LogP contribution in [0.4, 0.5) is 0 Å². The lowest BCUT2D eigenvalue weighted by atomic mass is 9.98. The van der Waals surface area contributed by atoms with Crippen molar-refractivity contribution in [2.75, 3.05) is 7.11 Å². The number of ether oxygens (including phenoxy) is 2. The van der Waals surface area contributed by atoms with Crippen LogP contribution in [0.5, 0.6) is 11.5 Å². The number of hydrogen-bond acceptors (Lipinski definition) is 5. The SMILES string of the molecule is COc1cccc(-c2ccccc2)c1C(n1cccc(OCc2ccccc2)c1=O)=S(=O)=O. The van der Waals surface area contributed by atoms with Crippen molar-refractivity contribution >= 4 is 15.3 Å². The molecule has 0 saturated heterocycles. The number of aromatic nitrogens is 1. The minimum atomic E-state index is -2.77. The maximum atomic E-state index is 13.3. The summed E-state index contributed by atoms with van der Waals surface area (Å²) in [4.78, 5) is 13.0. The first-order valence-corrected chi connectivity index (χ1v) is 11.3. The van der Waals surface area contributed by atoms with Crippen molar-refractivity contribution in [2.45, 2.75) is 6.61 Å². The van der Waals surface area contributed by atoms with Gasteiger partial charge in [0.25, 0.3) is 5.56 Å². The second-order valence-electron chi connectivity index (χ2n) is 7.11. The van der Waals surface area contributed by atoms with E-state index in [2.05, 4.69) is 0 Å². The second kappa shape index (κ2) is 10.0. The van der Waals surface area contributed by atoms with Crippen LogP contribution in [0.15, 0.2) is 102 Å². The zero-order valence-corrected chi connectivity index (χ0v) is 18.7. The molecule has 4 aromatic rings. The molecule has 3 aromatic carbocycles. The number of hydrogen-bond donors (Lipinski definition) is 0. The maximum absolute atomic E-state index is 13.3. The Bertz CT molecular complexity index is 1450. The zero-order chi connectivity index (χ0) is 23.2. The Hall–Kier alpha value is -4.10. The van der Waals surface area contributed by atoms with Crippen molar-refractivity contribution in [2.24, 2.45) is 0 Å². The summed E-state index contributed by atoms with van der Waals surface area (Å²) in [6.07, 6.45) is 1.41. The molecule has 4 rings (SSSR count). The van der Waals surface area contributed by atoms with Crippen molar-refractivity contribution in [3.8, 4) is 22.6 Å². The number of rotatable bonds is 6. The largest absolute Gasteiger partial charge is 0.496 e. The quantitative estimate of drug-likeness (QED) is 0.408. The van der Waals surface area contributed by atoms with Crippen LogP contribution in [0.2, 0.25) is 0 Å². The van der Waals surface area contributed by atoms with Gasteiger partial charge >= 0.3 is 0 Å². The van der Waals surface area contributed by atoms with Crippen molar-refractivity contribution in [3.05, 3.63) is 119 Å². The molecule has 0 aliphatic carbocycles. The van der Waals surface area contributed by atoms with Gasteiger partial charge in [0.05, 0.1) is 12.7 Å². The third kappa shape index (κ3) is 4.73. The molecular formula is C26H21NO5S. The molecule has 0 aliphatic rings. The average Bonchev–Trinajstić information content (AvgIpc) is 2.85. The van der Waals surface area contributed by atoms with Crippen molar-refractivity contribution < 1.29 is 17.9 Å². The number of methoxy groups -OCH3 is 1. The monoisotopic (exact) mass is 459 g/mol. The molecule has 0 atom stereocenters. The van der Waals surface area contributed by atoms with Gasteiger partial charge in [-0.3, -0.25) is 9.36 Å². The van der Waals surface area contributed by atoms with Gasteiger partial charge in [0.1, 0.15) is 12.4 Å². The second-order valence-corrected chi connectivity index (χ2v) is 7.97. The van der Waals surface area contributed by atoms with E-state index >= 15 is 0 Å². The smallest absolute Gasteiger partial charge is 0.298 e. The Labute approximate surface area is 192 Å². The fourth-order valence-electron chi connectivity index (χ4n) is 3.54. The molecule has 6 nitrogen and oxygen atoms in total. The highest BCUT2D eigenvalue weighted by atomic mass is 32.2.